The fourth-order valence-corrected chi connectivity index (χ4v) is 1.67. The van der Waals surface area contributed by atoms with Crippen molar-refractivity contribution in [3.63, 3.8) is 0 Å². The Labute approximate surface area is 107 Å². The maximum Gasteiger partial charge on any atom is 0.316 e. The molecule has 0 saturated heterocycles. The third-order valence-electron chi connectivity index (χ3n) is 2.48. The molecule has 0 atom stereocenters. The van der Waals surface area contributed by atoms with E-state index in [1.807, 2.05) is 44.2 Å². The highest BCUT2D eigenvalue weighted by atomic mass is 16.5. The largest absolute Gasteiger partial charge is 0.494 e. The number of aromatic nitrogens is 2. The molecule has 0 aliphatic rings. The van der Waals surface area contributed by atoms with Gasteiger partial charge in [-0.2, -0.15) is 4.98 Å². The van der Waals surface area contributed by atoms with E-state index >= 15 is 0 Å². The third-order valence-corrected chi connectivity index (χ3v) is 2.48. The van der Waals surface area contributed by atoms with Crippen molar-refractivity contribution in [2.45, 2.75) is 13.8 Å². The number of methoxy groups -OCH3 is 1. The van der Waals surface area contributed by atoms with Crippen LogP contribution in [0.5, 0.6) is 11.8 Å². The fraction of sp³-hybridized carbons (Fsp3) is 0.286. The van der Waals surface area contributed by atoms with Crippen LogP contribution in [0, 0.1) is 6.92 Å². The van der Waals surface area contributed by atoms with E-state index in [2.05, 4.69) is 9.97 Å². The Bertz CT molecular complexity index is 524. The van der Waals surface area contributed by atoms with Crippen LogP contribution in [0.1, 0.15) is 12.6 Å². The summed E-state index contributed by atoms with van der Waals surface area (Å²) >= 11 is 0. The zero-order chi connectivity index (χ0) is 13.0. The average molecular weight is 244 g/mol. The minimum Gasteiger partial charge on any atom is -0.494 e. The van der Waals surface area contributed by atoms with Crippen LogP contribution in [0.4, 0.5) is 0 Å². The maximum absolute atomic E-state index is 5.41. The quantitative estimate of drug-likeness (QED) is 0.829. The first-order chi connectivity index (χ1) is 8.72. The van der Waals surface area contributed by atoms with Gasteiger partial charge in [-0.05, 0) is 44.2 Å². The molecule has 0 radical (unpaired) electrons. The summed E-state index contributed by atoms with van der Waals surface area (Å²) in [5.41, 5.74) is 2.75. The third kappa shape index (κ3) is 2.77. The van der Waals surface area contributed by atoms with Crippen molar-refractivity contribution in [3.05, 3.63) is 36.0 Å². The first-order valence-corrected chi connectivity index (χ1v) is 5.86. The lowest BCUT2D eigenvalue weighted by molar-refractivity contribution is 0.340. The summed E-state index contributed by atoms with van der Waals surface area (Å²) in [5, 5.41) is 0. The van der Waals surface area contributed by atoms with Gasteiger partial charge in [-0.15, -0.1) is 0 Å². The summed E-state index contributed by atoms with van der Waals surface area (Å²) in [6.45, 7) is 4.55. The molecule has 0 N–H and O–H groups in total. The number of ether oxygens (including phenoxy) is 2. The highest BCUT2D eigenvalue weighted by Crippen LogP contribution is 2.22. The standard InChI is InChI=1S/C14H16N2O2/c1-4-18-12-7-5-11(6-8-12)13-9-10(2)15-14(16-13)17-3/h5-9H,4H2,1-3H3. The van der Waals surface area contributed by atoms with E-state index in [0.717, 1.165) is 22.7 Å². The van der Waals surface area contributed by atoms with Gasteiger partial charge in [0.05, 0.1) is 19.4 Å². The van der Waals surface area contributed by atoms with Gasteiger partial charge >= 0.3 is 6.01 Å². The Morgan fingerprint density at radius 2 is 1.83 bits per heavy atom. The molecule has 0 fully saturated rings. The van der Waals surface area contributed by atoms with Gasteiger partial charge in [0.15, 0.2) is 0 Å². The van der Waals surface area contributed by atoms with E-state index in [9.17, 15) is 0 Å². The molecular weight excluding hydrogens is 228 g/mol. The monoisotopic (exact) mass is 244 g/mol. The Hall–Kier alpha value is -2.10. The molecule has 4 nitrogen and oxygen atoms in total. The van der Waals surface area contributed by atoms with E-state index in [-0.39, 0.29) is 0 Å². The Balaban J connectivity index is 2.33. The Morgan fingerprint density at radius 3 is 2.44 bits per heavy atom. The smallest absolute Gasteiger partial charge is 0.316 e. The van der Waals surface area contributed by atoms with E-state index in [1.165, 1.54) is 0 Å². The van der Waals surface area contributed by atoms with Crippen molar-refractivity contribution >= 4 is 0 Å². The lowest BCUT2D eigenvalue weighted by Gasteiger charge is -2.06. The number of hydrogen-bond acceptors (Lipinski definition) is 4. The second-order valence-corrected chi connectivity index (χ2v) is 3.84. The highest BCUT2D eigenvalue weighted by molar-refractivity contribution is 5.60. The Kier molecular flexibility index (Phi) is 3.77. The van der Waals surface area contributed by atoms with Gasteiger partial charge in [-0.3, -0.25) is 0 Å². The predicted octanol–water partition coefficient (Wildman–Crippen LogP) is 2.86. The van der Waals surface area contributed by atoms with Crippen LogP contribution in [-0.2, 0) is 0 Å². The van der Waals surface area contributed by atoms with Crippen LogP contribution in [0.15, 0.2) is 30.3 Å². The second-order valence-electron chi connectivity index (χ2n) is 3.84. The lowest BCUT2D eigenvalue weighted by Crippen LogP contribution is -1.96. The summed E-state index contributed by atoms with van der Waals surface area (Å²) in [7, 11) is 1.57. The summed E-state index contributed by atoms with van der Waals surface area (Å²) < 4.78 is 10.5. The molecule has 0 saturated carbocycles. The molecule has 0 unspecified atom stereocenters. The van der Waals surface area contributed by atoms with Crippen molar-refractivity contribution in [2.75, 3.05) is 13.7 Å². The summed E-state index contributed by atoms with van der Waals surface area (Å²) in [6, 6.07) is 10.1. The molecule has 18 heavy (non-hydrogen) atoms. The van der Waals surface area contributed by atoms with Crippen LogP contribution in [-0.4, -0.2) is 23.7 Å². The fourth-order valence-electron chi connectivity index (χ4n) is 1.67. The van der Waals surface area contributed by atoms with Gasteiger partial charge < -0.3 is 9.47 Å². The predicted molar refractivity (Wildman–Crippen MR) is 69.9 cm³/mol. The zero-order valence-corrected chi connectivity index (χ0v) is 10.8. The lowest BCUT2D eigenvalue weighted by atomic mass is 10.1. The SMILES string of the molecule is CCOc1ccc(-c2cc(C)nc(OC)n2)cc1. The van der Waals surface area contributed by atoms with Gasteiger partial charge in [-0.1, -0.05) is 0 Å². The molecule has 0 aliphatic heterocycles. The minimum atomic E-state index is 0.388. The number of hydrogen-bond donors (Lipinski definition) is 0. The van der Waals surface area contributed by atoms with Crippen molar-refractivity contribution in [2.24, 2.45) is 0 Å². The van der Waals surface area contributed by atoms with Crippen LogP contribution in [0.25, 0.3) is 11.3 Å². The van der Waals surface area contributed by atoms with Gasteiger partial charge in [0, 0.05) is 11.3 Å². The van der Waals surface area contributed by atoms with Crippen molar-refractivity contribution in [1.29, 1.82) is 0 Å². The molecule has 4 heteroatoms. The van der Waals surface area contributed by atoms with Crippen LogP contribution >= 0.6 is 0 Å². The summed E-state index contributed by atoms with van der Waals surface area (Å²) in [6.07, 6.45) is 0. The van der Waals surface area contributed by atoms with Crippen molar-refractivity contribution < 1.29 is 9.47 Å². The molecule has 0 bridgehead atoms. The molecule has 1 aromatic heterocycles. The molecule has 0 spiro atoms. The van der Waals surface area contributed by atoms with E-state index in [4.69, 9.17) is 9.47 Å². The van der Waals surface area contributed by atoms with E-state index < -0.39 is 0 Å². The summed E-state index contributed by atoms with van der Waals surface area (Å²) in [4.78, 5) is 8.49. The van der Waals surface area contributed by atoms with Gasteiger partial charge in [0.2, 0.25) is 0 Å². The van der Waals surface area contributed by atoms with E-state index in [1.54, 1.807) is 7.11 Å². The second kappa shape index (κ2) is 5.49. The van der Waals surface area contributed by atoms with Crippen molar-refractivity contribution in [1.82, 2.24) is 9.97 Å². The van der Waals surface area contributed by atoms with Crippen molar-refractivity contribution in [3.8, 4) is 23.0 Å². The molecule has 1 aromatic carbocycles. The van der Waals surface area contributed by atoms with Crippen LogP contribution in [0.2, 0.25) is 0 Å². The molecule has 2 aromatic rings. The first-order valence-electron chi connectivity index (χ1n) is 5.86. The Morgan fingerprint density at radius 1 is 1.11 bits per heavy atom. The number of nitrogens with zero attached hydrogens (tertiary/aromatic N) is 2. The molecule has 94 valence electrons. The number of benzene rings is 1. The molecule has 0 aliphatic carbocycles. The topological polar surface area (TPSA) is 44.2 Å². The van der Waals surface area contributed by atoms with Gasteiger partial charge in [0.1, 0.15) is 5.75 Å². The molecular formula is C14H16N2O2. The zero-order valence-electron chi connectivity index (χ0n) is 10.8. The van der Waals surface area contributed by atoms with Gasteiger partial charge in [-0.25, -0.2) is 4.98 Å². The average Bonchev–Trinajstić information content (AvgIpc) is 2.39. The van der Waals surface area contributed by atoms with E-state index in [0.29, 0.717) is 12.6 Å². The molecule has 2 rings (SSSR count). The minimum absolute atomic E-state index is 0.388. The summed E-state index contributed by atoms with van der Waals surface area (Å²) in [5.74, 6) is 0.860. The van der Waals surface area contributed by atoms with Gasteiger partial charge in [0.25, 0.3) is 0 Å². The van der Waals surface area contributed by atoms with Crippen LogP contribution in [0.3, 0.4) is 0 Å². The molecule has 0 amide bonds. The number of rotatable bonds is 4. The highest BCUT2D eigenvalue weighted by Gasteiger charge is 2.05. The molecule has 1 heterocycles. The maximum atomic E-state index is 5.41. The first kappa shape index (κ1) is 12.4. The number of aryl methyl sites for hydroxylation is 1. The normalized spacial score (nSPS) is 10.2. The van der Waals surface area contributed by atoms with Crippen LogP contribution < -0.4 is 9.47 Å².